The summed E-state index contributed by atoms with van der Waals surface area (Å²) in [5.41, 5.74) is 0.506. The summed E-state index contributed by atoms with van der Waals surface area (Å²) in [5, 5.41) is 25.5. The topological polar surface area (TPSA) is 49.7 Å². The molecule has 0 aromatic heterocycles. The second kappa shape index (κ2) is 4.00. The molecule has 4 aromatic rings. The van der Waals surface area contributed by atoms with Gasteiger partial charge in [-0.3, -0.25) is 0 Å². The molecule has 0 saturated heterocycles. The Morgan fingerprint density at radius 3 is 2.27 bits per heavy atom. The molecule has 4 heteroatoms. The smallest absolute Gasteiger partial charge is 0.456 e. The van der Waals surface area contributed by atoms with E-state index in [0.29, 0.717) is 5.46 Å². The molecule has 0 amide bonds. The minimum atomic E-state index is -1.51. The molecule has 0 spiro atoms. The van der Waals surface area contributed by atoms with Crippen LogP contribution >= 0.6 is 0 Å². The second-order valence-electron chi connectivity index (χ2n) is 5.64. The number of ether oxygens (including phenoxy) is 1. The highest BCUT2D eigenvalue weighted by atomic mass is 16.5. The van der Waals surface area contributed by atoms with E-state index in [1.54, 1.807) is 0 Å². The molecule has 0 bridgehead atoms. The van der Waals surface area contributed by atoms with Crippen molar-refractivity contribution in [1.82, 2.24) is 0 Å². The molecular weight excluding hydrogens is 275 g/mol. The summed E-state index contributed by atoms with van der Waals surface area (Å²) < 4.78 is 6.06. The maximum absolute atomic E-state index is 9.72. The first kappa shape index (κ1) is 12.0. The summed E-state index contributed by atoms with van der Waals surface area (Å²) in [6.45, 7) is 0. The van der Waals surface area contributed by atoms with E-state index < -0.39 is 7.12 Å². The Morgan fingerprint density at radius 2 is 1.45 bits per heavy atom. The summed E-state index contributed by atoms with van der Waals surface area (Å²) >= 11 is 0. The molecular formula is C18H11BO3. The van der Waals surface area contributed by atoms with Gasteiger partial charge in [-0.1, -0.05) is 42.5 Å². The normalized spacial score (nSPS) is 12.5. The van der Waals surface area contributed by atoms with E-state index in [0.717, 1.165) is 43.8 Å². The van der Waals surface area contributed by atoms with E-state index in [-0.39, 0.29) is 0 Å². The first-order valence-electron chi connectivity index (χ1n) is 7.19. The molecule has 104 valence electrons. The van der Waals surface area contributed by atoms with Crippen molar-refractivity contribution < 1.29 is 14.8 Å². The van der Waals surface area contributed by atoms with Crippen molar-refractivity contribution in [3.63, 3.8) is 0 Å². The van der Waals surface area contributed by atoms with Crippen LogP contribution in [0.3, 0.4) is 0 Å². The van der Waals surface area contributed by atoms with Crippen LogP contribution in [0.1, 0.15) is 0 Å². The SMILES string of the molecule is OB(O)c1cc2ccc3cccc4c3c2c2c(cccc12)O4. The van der Waals surface area contributed by atoms with Gasteiger partial charge in [0.25, 0.3) is 0 Å². The molecule has 3 nitrogen and oxygen atoms in total. The van der Waals surface area contributed by atoms with Crippen molar-refractivity contribution in [3.05, 3.63) is 54.6 Å². The van der Waals surface area contributed by atoms with E-state index in [2.05, 4.69) is 6.07 Å². The Kier molecular flexibility index (Phi) is 2.19. The molecule has 0 radical (unpaired) electrons. The third-order valence-corrected chi connectivity index (χ3v) is 4.44. The maximum atomic E-state index is 9.72. The van der Waals surface area contributed by atoms with Crippen molar-refractivity contribution >= 4 is 44.9 Å². The van der Waals surface area contributed by atoms with Crippen LogP contribution in [0, 0.1) is 0 Å². The molecule has 0 aliphatic carbocycles. The zero-order valence-electron chi connectivity index (χ0n) is 11.6. The van der Waals surface area contributed by atoms with Gasteiger partial charge in [-0.15, -0.1) is 0 Å². The molecule has 0 fully saturated rings. The van der Waals surface area contributed by atoms with Crippen LogP contribution in [0.4, 0.5) is 0 Å². The fourth-order valence-corrected chi connectivity index (χ4v) is 3.53. The summed E-state index contributed by atoms with van der Waals surface area (Å²) in [6, 6.07) is 17.6. The predicted octanol–water partition coefficient (Wildman–Crippen LogP) is 2.93. The van der Waals surface area contributed by atoms with E-state index in [1.807, 2.05) is 48.5 Å². The summed E-state index contributed by atoms with van der Waals surface area (Å²) in [4.78, 5) is 0. The molecule has 1 aliphatic rings. The lowest BCUT2D eigenvalue weighted by molar-refractivity contribution is 0.426. The summed E-state index contributed by atoms with van der Waals surface area (Å²) in [6.07, 6.45) is 0. The summed E-state index contributed by atoms with van der Waals surface area (Å²) in [7, 11) is -1.51. The van der Waals surface area contributed by atoms with E-state index in [4.69, 9.17) is 4.74 Å². The van der Waals surface area contributed by atoms with Crippen molar-refractivity contribution in [2.45, 2.75) is 0 Å². The van der Waals surface area contributed by atoms with Crippen molar-refractivity contribution in [3.8, 4) is 11.5 Å². The molecule has 4 aromatic carbocycles. The van der Waals surface area contributed by atoms with Gasteiger partial charge in [-0.2, -0.15) is 0 Å². The van der Waals surface area contributed by atoms with Gasteiger partial charge in [0.15, 0.2) is 0 Å². The monoisotopic (exact) mass is 286 g/mol. The minimum Gasteiger partial charge on any atom is -0.456 e. The number of benzene rings is 4. The average Bonchev–Trinajstić information content (AvgIpc) is 2.54. The van der Waals surface area contributed by atoms with Gasteiger partial charge in [0.2, 0.25) is 0 Å². The number of hydrogen-bond acceptors (Lipinski definition) is 3. The largest absolute Gasteiger partial charge is 0.489 e. The highest BCUT2D eigenvalue weighted by molar-refractivity contribution is 6.63. The Morgan fingerprint density at radius 1 is 0.727 bits per heavy atom. The molecule has 0 saturated carbocycles. The van der Waals surface area contributed by atoms with Crippen LogP contribution in [0.5, 0.6) is 11.5 Å². The van der Waals surface area contributed by atoms with Gasteiger partial charge < -0.3 is 14.8 Å². The van der Waals surface area contributed by atoms with Gasteiger partial charge in [-0.05, 0) is 33.8 Å². The predicted molar refractivity (Wildman–Crippen MR) is 88.9 cm³/mol. The fourth-order valence-electron chi connectivity index (χ4n) is 3.53. The zero-order valence-corrected chi connectivity index (χ0v) is 11.6. The maximum Gasteiger partial charge on any atom is 0.489 e. The van der Waals surface area contributed by atoms with Crippen LogP contribution in [0.25, 0.3) is 32.3 Å². The third-order valence-electron chi connectivity index (χ3n) is 4.44. The molecule has 5 rings (SSSR count). The molecule has 22 heavy (non-hydrogen) atoms. The molecule has 0 unspecified atom stereocenters. The first-order valence-corrected chi connectivity index (χ1v) is 7.19. The van der Waals surface area contributed by atoms with Gasteiger partial charge >= 0.3 is 7.12 Å². The third kappa shape index (κ3) is 1.38. The standard InChI is InChI=1S/C18H11BO3/c20-19(21)13-9-11-8-7-10-3-1-5-14-16(10)17(11)18-12(13)4-2-6-15(18)22-14/h1-9,20-21H. The molecule has 1 aliphatic heterocycles. The molecule has 2 N–H and O–H groups in total. The zero-order chi connectivity index (χ0) is 14.8. The van der Waals surface area contributed by atoms with Crippen LogP contribution in [-0.2, 0) is 0 Å². The van der Waals surface area contributed by atoms with Gasteiger partial charge in [0, 0.05) is 16.2 Å². The Labute approximate surface area is 126 Å². The minimum absolute atomic E-state index is 0.506. The van der Waals surface area contributed by atoms with Crippen molar-refractivity contribution in [2.24, 2.45) is 0 Å². The van der Waals surface area contributed by atoms with Gasteiger partial charge in [0.1, 0.15) is 11.5 Å². The Hall–Kier alpha value is -2.56. The van der Waals surface area contributed by atoms with E-state index >= 15 is 0 Å². The Balaban J connectivity index is 2.16. The Bertz CT molecular complexity index is 1090. The van der Waals surface area contributed by atoms with Crippen molar-refractivity contribution in [1.29, 1.82) is 0 Å². The van der Waals surface area contributed by atoms with Crippen LogP contribution in [0.15, 0.2) is 54.6 Å². The quantitative estimate of drug-likeness (QED) is 0.368. The lowest BCUT2D eigenvalue weighted by Crippen LogP contribution is -2.30. The highest BCUT2D eigenvalue weighted by Crippen LogP contribution is 2.46. The fraction of sp³-hybridized carbons (Fsp3) is 0. The second-order valence-corrected chi connectivity index (χ2v) is 5.64. The molecule has 0 atom stereocenters. The number of hydrogen-bond donors (Lipinski definition) is 2. The van der Waals surface area contributed by atoms with Gasteiger partial charge in [-0.25, -0.2) is 0 Å². The van der Waals surface area contributed by atoms with E-state index in [9.17, 15) is 10.0 Å². The van der Waals surface area contributed by atoms with E-state index in [1.165, 1.54) is 0 Å². The molecule has 1 heterocycles. The lowest BCUT2D eigenvalue weighted by Gasteiger charge is -2.21. The summed E-state index contributed by atoms with van der Waals surface area (Å²) in [5.74, 6) is 1.61. The van der Waals surface area contributed by atoms with Crippen LogP contribution < -0.4 is 10.2 Å². The highest BCUT2D eigenvalue weighted by Gasteiger charge is 2.23. The average molecular weight is 286 g/mol. The lowest BCUT2D eigenvalue weighted by atomic mass is 9.75. The van der Waals surface area contributed by atoms with Crippen LogP contribution in [0.2, 0.25) is 0 Å². The van der Waals surface area contributed by atoms with Crippen molar-refractivity contribution in [2.75, 3.05) is 0 Å². The van der Waals surface area contributed by atoms with Crippen LogP contribution in [-0.4, -0.2) is 17.2 Å². The van der Waals surface area contributed by atoms with Gasteiger partial charge in [0.05, 0.1) is 0 Å². The first-order chi connectivity index (χ1) is 10.7. The number of rotatable bonds is 1.